The number of ether oxygens (including phenoxy) is 1. The lowest BCUT2D eigenvalue weighted by Crippen LogP contribution is -2.23. The van der Waals surface area contributed by atoms with E-state index in [9.17, 15) is 13.9 Å². The van der Waals surface area contributed by atoms with Crippen molar-refractivity contribution in [3.05, 3.63) is 306 Å². The minimum Gasteiger partial charge on any atom is -0.507 e. The molecule has 6 aromatic heterocycles. The van der Waals surface area contributed by atoms with Gasteiger partial charge in [0, 0.05) is 129 Å². The molecule has 12 aromatic carbocycles. The minimum absolute atomic E-state index is 0.187. The predicted molar refractivity (Wildman–Crippen MR) is 531 cm³/mol. The van der Waals surface area contributed by atoms with Crippen LogP contribution in [0.3, 0.4) is 0 Å². The molecule has 0 bridgehead atoms. The van der Waals surface area contributed by atoms with Crippen LogP contribution >= 0.6 is 34.8 Å². The summed E-state index contributed by atoms with van der Waals surface area (Å²) in [6.07, 6.45) is 0. The van der Waals surface area contributed by atoms with Crippen LogP contribution in [-0.4, -0.2) is 154 Å². The number of para-hydroxylation sites is 7. The lowest BCUT2D eigenvalue weighted by molar-refractivity contribution is 0.336. The second-order valence-electron chi connectivity index (χ2n) is 30.1. The molecule has 27 heteroatoms. The van der Waals surface area contributed by atoms with Crippen molar-refractivity contribution in [1.82, 2.24) is 59.8 Å². The van der Waals surface area contributed by atoms with E-state index in [1.807, 2.05) is 251 Å². The number of aromatic nitrogens is 12. The summed E-state index contributed by atoms with van der Waals surface area (Å²) >= 11 is 18.5. The van der Waals surface area contributed by atoms with E-state index in [1.165, 1.54) is 12.1 Å². The Kier molecular flexibility index (Phi) is 31.4. The first-order valence-corrected chi connectivity index (χ1v) is 43.6. The van der Waals surface area contributed by atoms with E-state index in [0.29, 0.717) is 78.3 Å². The van der Waals surface area contributed by atoms with Gasteiger partial charge in [0.15, 0.2) is 40.7 Å². The van der Waals surface area contributed by atoms with Crippen LogP contribution < -0.4 is 44.9 Å². The Morgan fingerprint density at radius 3 is 0.908 bits per heavy atom. The van der Waals surface area contributed by atoms with Crippen LogP contribution in [0.5, 0.6) is 17.2 Å². The summed E-state index contributed by atoms with van der Waals surface area (Å²) in [4.78, 5) is 73.0. The number of anilines is 6. The Labute approximate surface area is 770 Å². The van der Waals surface area contributed by atoms with E-state index in [-0.39, 0.29) is 17.4 Å². The first-order valence-electron chi connectivity index (χ1n) is 42.5. The maximum atomic E-state index is 14.1. The van der Waals surface area contributed by atoms with Crippen LogP contribution in [0.15, 0.2) is 279 Å². The average molecular weight is 1800 g/mol. The normalized spacial score (nSPS) is 10.8. The summed E-state index contributed by atoms with van der Waals surface area (Å²) in [7, 11) is 13.3. The van der Waals surface area contributed by atoms with Crippen LogP contribution in [0.1, 0.15) is 41.5 Å². The van der Waals surface area contributed by atoms with Gasteiger partial charge in [-0.1, -0.05) is 156 Å². The summed E-state index contributed by atoms with van der Waals surface area (Å²) in [6.45, 7) is 17.8. The van der Waals surface area contributed by atoms with Crippen molar-refractivity contribution in [2.24, 2.45) is 5.90 Å². The number of fused-ring (bicyclic) bond motifs is 6. The molecule has 0 atom stereocenters. The molecule has 0 amide bonds. The fourth-order valence-electron chi connectivity index (χ4n) is 14.6. The molecule has 660 valence electrons. The van der Waals surface area contributed by atoms with Crippen molar-refractivity contribution in [1.29, 1.82) is 0 Å². The zero-order valence-corrected chi connectivity index (χ0v) is 76.8. The number of phenols is 1. The van der Waals surface area contributed by atoms with Gasteiger partial charge in [-0.15, -0.1) is 0 Å². The van der Waals surface area contributed by atoms with E-state index < -0.39 is 0 Å². The van der Waals surface area contributed by atoms with Gasteiger partial charge in [0.1, 0.15) is 58.0 Å². The largest absolute Gasteiger partial charge is 0.507 e. The molecule has 130 heavy (non-hydrogen) atoms. The van der Waals surface area contributed by atoms with Crippen molar-refractivity contribution in [2.45, 2.75) is 41.5 Å². The molecule has 18 rings (SSSR count). The predicted octanol–water partition coefficient (Wildman–Crippen LogP) is 23.7. The first-order chi connectivity index (χ1) is 63.1. The molecule has 0 aliphatic carbocycles. The highest BCUT2D eigenvalue weighted by atomic mass is 35.5. The van der Waals surface area contributed by atoms with Crippen molar-refractivity contribution >= 4 is 135 Å². The highest BCUT2D eigenvalue weighted by Crippen LogP contribution is 2.39. The van der Waals surface area contributed by atoms with E-state index >= 15 is 0 Å². The molecule has 0 unspecified atom stereocenters. The fourth-order valence-corrected chi connectivity index (χ4v) is 15.2. The van der Waals surface area contributed by atoms with Gasteiger partial charge in [0.05, 0.1) is 73.0 Å². The number of rotatable bonds is 20. The third kappa shape index (κ3) is 21.7. The Bertz CT molecular complexity index is 6970. The van der Waals surface area contributed by atoms with Crippen molar-refractivity contribution in [3.63, 3.8) is 0 Å². The highest BCUT2D eigenvalue weighted by Gasteiger charge is 2.23. The topological polar surface area (TPSA) is 239 Å². The molecule has 6 heterocycles. The maximum absolute atomic E-state index is 14.1. The lowest BCUT2D eigenvalue weighted by Gasteiger charge is -2.22. The average Bonchev–Trinajstić information content (AvgIpc) is 0.816. The summed E-state index contributed by atoms with van der Waals surface area (Å²) < 4.78 is 33.5. The molecule has 3 N–H and O–H groups in total. The SMILES string of the molecule is CCN(CC)c1nc(-c2ccccc2Cl)nc2ccccc12.CCN(CC)c1nc(-c2ccccc2F)nc2ccc(Cl)cc12.CCN(CC)c1nc(-c2ccccc2ON)nc2ccccc12.CN(C)c1nc(-c2ccccc2F)nc2ccc(Cl)cc12.CN(C)c1nc(-c2ccccc2O)nc2ccccc12.COc1ccccc1-c1nc(N(C)C)c2ccccc2n1. The number of nitrogens with zero attached hydrogens (tertiary/aromatic N) is 18. The number of phenolic OH excluding ortho intramolecular Hbond substituents is 1. The molecular weight excluding hydrogens is 1700 g/mol. The van der Waals surface area contributed by atoms with Gasteiger partial charge in [-0.2, -0.15) is 5.90 Å². The van der Waals surface area contributed by atoms with Gasteiger partial charge >= 0.3 is 0 Å². The number of halogens is 5. The molecule has 22 nitrogen and oxygen atoms in total. The summed E-state index contributed by atoms with van der Waals surface area (Å²) in [5.41, 5.74) is 9.10. The van der Waals surface area contributed by atoms with Crippen molar-refractivity contribution in [2.75, 3.05) is 118 Å². The van der Waals surface area contributed by atoms with E-state index in [1.54, 1.807) is 67.8 Å². The third-order valence-electron chi connectivity index (χ3n) is 21.2. The summed E-state index contributed by atoms with van der Waals surface area (Å²) in [5, 5.41) is 17.8. The molecule has 0 radical (unpaired) electrons. The Balaban J connectivity index is 0.000000133. The zero-order chi connectivity index (χ0) is 92.1. The number of methoxy groups -OCH3 is 1. The third-order valence-corrected chi connectivity index (χ3v) is 22.0. The molecule has 0 fully saturated rings. The van der Waals surface area contributed by atoms with Crippen LogP contribution in [0.2, 0.25) is 15.1 Å². The van der Waals surface area contributed by atoms with Crippen LogP contribution in [0.25, 0.3) is 134 Å². The van der Waals surface area contributed by atoms with E-state index in [0.717, 1.165) is 156 Å². The quantitative estimate of drug-likeness (QED) is 0.0674. The van der Waals surface area contributed by atoms with Gasteiger partial charge in [-0.05, 0) is 199 Å². The summed E-state index contributed by atoms with van der Waals surface area (Å²) in [6, 6.07) is 86.1. The molecule has 0 aliphatic heterocycles. The van der Waals surface area contributed by atoms with E-state index in [2.05, 4.69) is 103 Å². The van der Waals surface area contributed by atoms with Gasteiger partial charge in [-0.25, -0.2) is 68.6 Å². The first kappa shape index (κ1) is 93.2. The molecule has 0 aliphatic rings. The number of aromatic hydroxyl groups is 1. The van der Waals surface area contributed by atoms with Crippen LogP contribution in [-0.2, 0) is 0 Å². The molecule has 18 aromatic rings. The minimum atomic E-state index is -0.337. The number of benzene rings is 12. The van der Waals surface area contributed by atoms with Crippen molar-refractivity contribution < 1.29 is 23.5 Å². The smallest absolute Gasteiger partial charge is 0.165 e. The number of hydrogen-bond donors (Lipinski definition) is 2. The van der Waals surface area contributed by atoms with Gasteiger partial charge in [0.2, 0.25) is 0 Å². The standard InChI is InChI=1S/C18H17ClFN3.C18H18ClN3.C18H20N4O.C17H17N3O.C16H13ClFN3.C16H15N3O/c1-3-23(4-2)18-14-11-12(19)9-10-16(14)21-17(22-18)13-7-5-6-8-15(13)20;1-3-22(4-2)18-14-10-6-8-12-16(14)20-17(21-18)13-9-5-7-11-15(13)19;1-3-22(4-2)18-13-9-5-7-11-15(13)20-17(21-18)14-10-6-8-12-16(14)23-19;1-20(2)17-12-8-4-6-10-14(12)18-16(19-17)13-9-5-7-11-15(13)21-3;1-21(2)16-12-9-10(17)7-8-14(12)19-15(20-16)11-5-3-4-6-13(11)18;1-19(2)16-11-7-3-5-9-13(11)17-15(18-16)12-8-4-6-10-14(12)20/h5-11H,3-4H2,1-2H3;5-12H,3-4H2,1-2H3;5-12H,3-4,19H2,1-2H3;4-11H,1-3H3;3-9H,1-2H3;3-10,20H,1-2H3. The second-order valence-corrected chi connectivity index (χ2v) is 31.4. The maximum Gasteiger partial charge on any atom is 0.165 e. The highest BCUT2D eigenvalue weighted by molar-refractivity contribution is 6.33. The monoisotopic (exact) mass is 1790 g/mol. The molecule has 0 saturated carbocycles. The van der Waals surface area contributed by atoms with Crippen molar-refractivity contribution in [3.8, 4) is 85.6 Å². The summed E-state index contributed by atoms with van der Waals surface area (Å²) in [5.74, 6) is 14.6. The second kappa shape index (κ2) is 43.9. The van der Waals surface area contributed by atoms with Gasteiger partial charge in [0.25, 0.3) is 0 Å². The zero-order valence-electron chi connectivity index (χ0n) is 74.6. The number of hydrogen-bond acceptors (Lipinski definition) is 22. The molecule has 0 spiro atoms. The van der Waals surface area contributed by atoms with Crippen LogP contribution in [0.4, 0.5) is 43.7 Å². The Hall–Kier alpha value is -14.4. The Morgan fingerprint density at radius 1 is 0.285 bits per heavy atom. The van der Waals surface area contributed by atoms with Crippen LogP contribution in [0, 0.1) is 11.6 Å². The molecule has 0 saturated heterocycles. The molecular formula is C103H100Cl3F2N19O3. The fraction of sp³-hybridized carbons (Fsp3) is 0.184. The van der Waals surface area contributed by atoms with Gasteiger partial charge < -0.3 is 44.1 Å². The Morgan fingerprint density at radius 2 is 0.546 bits per heavy atom. The number of nitrogens with two attached hydrogens (primary N) is 1. The van der Waals surface area contributed by atoms with Gasteiger partial charge in [-0.3, -0.25) is 0 Å². The lowest BCUT2D eigenvalue weighted by atomic mass is 10.1. The van der Waals surface area contributed by atoms with E-state index in [4.69, 9.17) is 75.2 Å².